The molecule has 0 heterocycles. The van der Waals surface area contributed by atoms with E-state index in [4.69, 9.17) is 0 Å². The quantitative estimate of drug-likeness (QED) is 0.629. The van der Waals surface area contributed by atoms with E-state index in [-0.39, 0.29) is 0 Å². The number of hydrogen-bond acceptors (Lipinski definition) is 1. The summed E-state index contributed by atoms with van der Waals surface area (Å²) in [4.78, 5) is 0. The number of para-hydroxylation sites is 1. The van der Waals surface area contributed by atoms with Gasteiger partial charge in [-0.1, -0.05) is 0 Å². The van der Waals surface area contributed by atoms with Crippen molar-refractivity contribution in [1.29, 1.82) is 0 Å². The Bertz CT molecular complexity index is 725. The summed E-state index contributed by atoms with van der Waals surface area (Å²) in [7, 11) is 0. The summed E-state index contributed by atoms with van der Waals surface area (Å²) in [6, 6.07) is 30.5. The third-order valence-corrected chi connectivity index (χ3v) is 6.04. The Morgan fingerprint density at radius 3 is 2.22 bits per heavy atom. The molecule has 0 aliphatic heterocycles. The second-order valence-corrected chi connectivity index (χ2v) is 7.90. The van der Waals surface area contributed by atoms with Gasteiger partial charge in [-0.3, -0.25) is 0 Å². The van der Waals surface area contributed by atoms with E-state index in [9.17, 15) is 0 Å². The fraction of sp³-hybridized carbons (Fsp3) is 0.143. The summed E-state index contributed by atoms with van der Waals surface area (Å²) in [6.07, 6.45) is 0. The summed E-state index contributed by atoms with van der Waals surface area (Å²) >= 11 is 0.456. The number of rotatable bonds is 6. The Morgan fingerprint density at radius 1 is 0.826 bits per heavy atom. The van der Waals surface area contributed by atoms with E-state index in [1.807, 2.05) is 0 Å². The Labute approximate surface area is 144 Å². The number of benzene rings is 3. The van der Waals surface area contributed by atoms with Crippen molar-refractivity contribution in [3.8, 4) is 0 Å². The van der Waals surface area contributed by atoms with Gasteiger partial charge in [0.25, 0.3) is 0 Å². The van der Waals surface area contributed by atoms with E-state index < -0.39 is 0 Å². The van der Waals surface area contributed by atoms with Crippen LogP contribution in [0.1, 0.15) is 17.2 Å². The van der Waals surface area contributed by atoms with Crippen molar-refractivity contribution in [3.63, 3.8) is 0 Å². The molecule has 0 aliphatic rings. The SMILES string of the molecule is Cc1cccc(C(C[Se]c2ccccc2)Nc2ccccc2)c1. The minimum absolute atomic E-state index is 0.345. The van der Waals surface area contributed by atoms with E-state index in [1.54, 1.807) is 0 Å². The molecule has 0 amide bonds. The zero-order valence-corrected chi connectivity index (χ0v) is 15.0. The first-order chi connectivity index (χ1) is 11.3. The predicted octanol–water partition coefficient (Wildman–Crippen LogP) is 4.60. The van der Waals surface area contributed by atoms with E-state index in [0.29, 0.717) is 21.0 Å². The van der Waals surface area contributed by atoms with Crippen molar-refractivity contribution in [1.82, 2.24) is 0 Å². The first kappa shape index (κ1) is 15.9. The van der Waals surface area contributed by atoms with Crippen molar-refractivity contribution >= 4 is 25.1 Å². The van der Waals surface area contributed by atoms with Crippen molar-refractivity contribution in [3.05, 3.63) is 96.1 Å². The van der Waals surface area contributed by atoms with Crippen molar-refractivity contribution in [2.45, 2.75) is 18.3 Å². The first-order valence-corrected chi connectivity index (χ1v) is 9.94. The van der Waals surface area contributed by atoms with Crippen molar-refractivity contribution in [2.75, 3.05) is 5.32 Å². The average Bonchev–Trinajstić information content (AvgIpc) is 2.60. The predicted molar refractivity (Wildman–Crippen MR) is 101 cm³/mol. The van der Waals surface area contributed by atoms with Crippen LogP contribution in [0.4, 0.5) is 5.69 Å². The molecule has 116 valence electrons. The van der Waals surface area contributed by atoms with Crippen LogP contribution in [0, 0.1) is 6.92 Å². The van der Waals surface area contributed by atoms with Crippen LogP contribution in [0.2, 0.25) is 5.32 Å². The molecule has 3 aromatic rings. The van der Waals surface area contributed by atoms with Gasteiger partial charge in [0.1, 0.15) is 0 Å². The molecule has 1 nitrogen and oxygen atoms in total. The molecule has 0 saturated heterocycles. The molecule has 23 heavy (non-hydrogen) atoms. The molecular weight excluding hydrogens is 345 g/mol. The normalized spacial score (nSPS) is 11.9. The number of hydrogen-bond donors (Lipinski definition) is 1. The molecule has 0 fully saturated rings. The summed E-state index contributed by atoms with van der Waals surface area (Å²) in [6.45, 7) is 2.16. The first-order valence-electron chi connectivity index (χ1n) is 7.87. The second kappa shape index (κ2) is 8.01. The van der Waals surface area contributed by atoms with Gasteiger partial charge in [0.05, 0.1) is 0 Å². The molecule has 0 spiro atoms. The molecule has 3 aromatic carbocycles. The molecule has 0 radical (unpaired) electrons. The van der Waals surface area contributed by atoms with Crippen LogP contribution in [0.5, 0.6) is 0 Å². The Balaban J connectivity index is 1.78. The second-order valence-electron chi connectivity index (χ2n) is 5.60. The van der Waals surface area contributed by atoms with E-state index in [1.165, 1.54) is 21.3 Å². The number of nitrogens with one attached hydrogen (secondary N) is 1. The van der Waals surface area contributed by atoms with Gasteiger partial charge in [-0.15, -0.1) is 0 Å². The van der Waals surface area contributed by atoms with Gasteiger partial charge >= 0.3 is 145 Å². The minimum atomic E-state index is 0.345. The summed E-state index contributed by atoms with van der Waals surface area (Å²) in [5, 5.41) is 4.84. The van der Waals surface area contributed by atoms with Crippen molar-refractivity contribution < 1.29 is 0 Å². The van der Waals surface area contributed by atoms with Crippen LogP contribution in [-0.2, 0) is 0 Å². The zero-order valence-electron chi connectivity index (χ0n) is 13.3. The Hall–Kier alpha value is -2.02. The molecule has 0 aromatic heterocycles. The van der Waals surface area contributed by atoms with E-state index >= 15 is 0 Å². The molecule has 0 saturated carbocycles. The number of anilines is 1. The van der Waals surface area contributed by atoms with Crippen LogP contribution < -0.4 is 9.78 Å². The van der Waals surface area contributed by atoms with E-state index in [2.05, 4.69) is 97.2 Å². The Kier molecular flexibility index (Phi) is 5.52. The topological polar surface area (TPSA) is 12.0 Å². The Morgan fingerprint density at radius 2 is 1.52 bits per heavy atom. The molecule has 1 N–H and O–H groups in total. The third kappa shape index (κ3) is 4.72. The molecular formula is C21H21NSe. The maximum absolute atomic E-state index is 3.71. The van der Waals surface area contributed by atoms with Crippen LogP contribution in [0.15, 0.2) is 84.9 Å². The molecule has 2 heteroatoms. The third-order valence-electron chi connectivity index (χ3n) is 3.72. The molecule has 0 bridgehead atoms. The molecule has 3 rings (SSSR count). The summed E-state index contributed by atoms with van der Waals surface area (Å²) < 4.78 is 1.45. The standard InChI is InChI=1S/C21H21NSe/c1-17-9-8-10-18(15-17)21(22-19-11-4-2-5-12-19)16-23-20-13-6-3-7-14-20/h2-15,21-22H,16H2,1H3. The van der Waals surface area contributed by atoms with Gasteiger partial charge in [0.15, 0.2) is 0 Å². The van der Waals surface area contributed by atoms with Gasteiger partial charge in [-0.05, 0) is 0 Å². The van der Waals surface area contributed by atoms with Gasteiger partial charge in [0.2, 0.25) is 0 Å². The summed E-state index contributed by atoms with van der Waals surface area (Å²) in [5.41, 5.74) is 3.86. The number of aryl methyl sites for hydroxylation is 1. The van der Waals surface area contributed by atoms with Crippen LogP contribution in [-0.4, -0.2) is 15.0 Å². The zero-order chi connectivity index (χ0) is 15.9. The van der Waals surface area contributed by atoms with Gasteiger partial charge in [-0.25, -0.2) is 0 Å². The fourth-order valence-corrected chi connectivity index (χ4v) is 4.61. The molecule has 1 atom stereocenters. The van der Waals surface area contributed by atoms with Gasteiger partial charge < -0.3 is 0 Å². The monoisotopic (exact) mass is 367 g/mol. The van der Waals surface area contributed by atoms with Crippen molar-refractivity contribution in [2.24, 2.45) is 0 Å². The van der Waals surface area contributed by atoms with Crippen LogP contribution >= 0.6 is 0 Å². The fourth-order valence-electron chi connectivity index (χ4n) is 2.54. The molecule has 0 aliphatic carbocycles. The van der Waals surface area contributed by atoms with Crippen LogP contribution in [0.3, 0.4) is 0 Å². The summed E-state index contributed by atoms with van der Waals surface area (Å²) in [5.74, 6) is 0. The van der Waals surface area contributed by atoms with Gasteiger partial charge in [-0.2, -0.15) is 0 Å². The van der Waals surface area contributed by atoms with Crippen LogP contribution in [0.25, 0.3) is 0 Å². The molecule has 1 unspecified atom stereocenters. The van der Waals surface area contributed by atoms with Gasteiger partial charge in [0, 0.05) is 0 Å². The maximum atomic E-state index is 3.71. The average molecular weight is 366 g/mol. The van der Waals surface area contributed by atoms with E-state index in [0.717, 1.165) is 5.32 Å².